The van der Waals surface area contributed by atoms with E-state index < -0.39 is 0 Å². The van der Waals surface area contributed by atoms with Crippen molar-refractivity contribution in [2.24, 2.45) is 0 Å². The van der Waals surface area contributed by atoms with Gasteiger partial charge in [-0.25, -0.2) is 0 Å². The summed E-state index contributed by atoms with van der Waals surface area (Å²) in [6, 6.07) is 7.10. The van der Waals surface area contributed by atoms with Crippen molar-refractivity contribution in [3.8, 4) is 11.5 Å². The second-order valence-electron chi connectivity index (χ2n) is 5.96. The van der Waals surface area contributed by atoms with Crippen molar-refractivity contribution in [3.63, 3.8) is 0 Å². The highest BCUT2D eigenvalue weighted by atomic mass is 35.5. The molecule has 0 saturated carbocycles. The summed E-state index contributed by atoms with van der Waals surface area (Å²) in [6.45, 7) is 4.90. The number of nitrogens with zero attached hydrogens (tertiary/aromatic N) is 1. The summed E-state index contributed by atoms with van der Waals surface area (Å²) in [5.74, 6) is 4.18. The molecule has 1 aromatic carbocycles. The van der Waals surface area contributed by atoms with Crippen LogP contribution in [0.1, 0.15) is 34.8 Å². The van der Waals surface area contributed by atoms with E-state index in [1.54, 1.807) is 12.1 Å². The van der Waals surface area contributed by atoms with E-state index >= 15 is 0 Å². The number of hydrogen-bond donors (Lipinski definition) is 0. The van der Waals surface area contributed by atoms with Gasteiger partial charge < -0.3 is 18.8 Å². The van der Waals surface area contributed by atoms with Gasteiger partial charge in [0.05, 0.1) is 24.8 Å². The first-order valence-electron chi connectivity index (χ1n) is 8.50. The molecule has 7 heteroatoms. The molecule has 1 unspecified atom stereocenters. The summed E-state index contributed by atoms with van der Waals surface area (Å²) in [5, 5.41) is 0.367. The van der Waals surface area contributed by atoms with Gasteiger partial charge in [0.1, 0.15) is 11.5 Å². The van der Waals surface area contributed by atoms with Gasteiger partial charge in [-0.3, -0.25) is 4.79 Å². The number of furan rings is 1. The lowest BCUT2D eigenvalue weighted by atomic mass is 10.1. The lowest BCUT2D eigenvalue weighted by Gasteiger charge is -2.34. The first-order valence-corrected chi connectivity index (χ1v) is 10.0. The summed E-state index contributed by atoms with van der Waals surface area (Å²) < 4.78 is 16.7. The Kier molecular flexibility index (Phi) is 6.04. The number of methoxy groups -OCH3 is 1. The molecular weight excluding hydrogens is 374 g/mol. The number of hydrogen-bond acceptors (Lipinski definition) is 5. The standard InChI is InChI=1S/C19H22ClNO4S/c1-4-24-18-14(20)9-13(10-17(18)23-3)19(22)21-7-8-26-11-15(21)16-6-5-12(2)25-16/h5-6,9-10,15H,4,7-8,11H2,1-3H3. The third kappa shape index (κ3) is 3.81. The highest BCUT2D eigenvalue weighted by Crippen LogP contribution is 2.38. The molecule has 1 aliphatic rings. The molecule has 1 aromatic heterocycles. The molecule has 140 valence electrons. The van der Waals surface area contributed by atoms with Gasteiger partial charge in [0, 0.05) is 23.6 Å². The Labute approximate surface area is 162 Å². The van der Waals surface area contributed by atoms with E-state index in [9.17, 15) is 4.79 Å². The Morgan fingerprint density at radius 1 is 1.42 bits per heavy atom. The normalized spacial score (nSPS) is 17.2. The zero-order valence-electron chi connectivity index (χ0n) is 15.1. The van der Waals surface area contributed by atoms with Crippen molar-refractivity contribution in [2.45, 2.75) is 19.9 Å². The van der Waals surface area contributed by atoms with Gasteiger partial charge in [-0.1, -0.05) is 11.6 Å². The van der Waals surface area contributed by atoms with Crippen LogP contribution in [0.3, 0.4) is 0 Å². The molecular formula is C19H22ClNO4S. The van der Waals surface area contributed by atoms with E-state index in [1.165, 1.54) is 7.11 Å². The molecule has 26 heavy (non-hydrogen) atoms. The smallest absolute Gasteiger partial charge is 0.254 e. The van der Waals surface area contributed by atoms with Crippen LogP contribution < -0.4 is 9.47 Å². The monoisotopic (exact) mass is 395 g/mol. The maximum atomic E-state index is 13.2. The molecule has 0 spiro atoms. The fourth-order valence-electron chi connectivity index (χ4n) is 3.01. The van der Waals surface area contributed by atoms with Crippen molar-refractivity contribution in [3.05, 3.63) is 46.4 Å². The van der Waals surface area contributed by atoms with Gasteiger partial charge in [0.15, 0.2) is 11.5 Å². The van der Waals surface area contributed by atoms with Crippen LogP contribution in [-0.4, -0.2) is 42.6 Å². The van der Waals surface area contributed by atoms with Crippen molar-refractivity contribution in [1.82, 2.24) is 4.90 Å². The zero-order valence-corrected chi connectivity index (χ0v) is 16.7. The second kappa shape index (κ2) is 8.27. The molecule has 0 aliphatic carbocycles. The minimum absolute atomic E-state index is 0.0902. The number of ether oxygens (including phenoxy) is 2. The molecule has 1 saturated heterocycles. The number of carbonyl (C=O) groups is 1. The quantitative estimate of drug-likeness (QED) is 0.741. The van der Waals surface area contributed by atoms with Crippen LogP contribution in [0.15, 0.2) is 28.7 Å². The van der Waals surface area contributed by atoms with E-state index in [1.807, 2.05) is 42.6 Å². The van der Waals surface area contributed by atoms with Gasteiger partial charge in [-0.2, -0.15) is 11.8 Å². The first kappa shape index (κ1) is 19.0. The number of rotatable bonds is 5. The third-order valence-electron chi connectivity index (χ3n) is 4.24. The van der Waals surface area contributed by atoms with E-state index in [4.69, 9.17) is 25.5 Å². The number of thioether (sulfide) groups is 1. The Balaban J connectivity index is 1.92. The number of benzene rings is 1. The fourth-order valence-corrected chi connectivity index (χ4v) is 4.33. The molecule has 1 fully saturated rings. The topological polar surface area (TPSA) is 51.9 Å². The second-order valence-corrected chi connectivity index (χ2v) is 7.52. The average Bonchev–Trinajstić information content (AvgIpc) is 3.09. The lowest BCUT2D eigenvalue weighted by molar-refractivity contribution is 0.0681. The first-order chi connectivity index (χ1) is 12.5. The van der Waals surface area contributed by atoms with Gasteiger partial charge >= 0.3 is 0 Å². The molecule has 1 aliphatic heterocycles. The number of carbonyl (C=O) groups excluding carboxylic acids is 1. The Hall–Kier alpha value is -1.79. The minimum atomic E-state index is -0.0914. The van der Waals surface area contributed by atoms with E-state index in [0.717, 1.165) is 23.0 Å². The van der Waals surface area contributed by atoms with Gasteiger partial charge in [-0.05, 0) is 38.1 Å². The van der Waals surface area contributed by atoms with Gasteiger partial charge in [0.25, 0.3) is 5.91 Å². The van der Waals surface area contributed by atoms with Crippen molar-refractivity contribution >= 4 is 29.3 Å². The molecule has 0 N–H and O–H groups in total. The number of amides is 1. The van der Waals surface area contributed by atoms with Crippen LogP contribution in [0, 0.1) is 6.92 Å². The van der Waals surface area contributed by atoms with Crippen LogP contribution in [0.25, 0.3) is 0 Å². The molecule has 0 bridgehead atoms. The van der Waals surface area contributed by atoms with E-state index in [2.05, 4.69) is 0 Å². The van der Waals surface area contributed by atoms with Crippen LogP contribution in [0.4, 0.5) is 0 Å². The van der Waals surface area contributed by atoms with Crippen molar-refractivity contribution < 1.29 is 18.7 Å². The molecule has 1 atom stereocenters. The Bertz CT molecular complexity index is 792. The highest BCUT2D eigenvalue weighted by molar-refractivity contribution is 7.99. The maximum Gasteiger partial charge on any atom is 0.254 e. The van der Waals surface area contributed by atoms with Crippen LogP contribution in [-0.2, 0) is 0 Å². The highest BCUT2D eigenvalue weighted by Gasteiger charge is 2.32. The third-order valence-corrected chi connectivity index (χ3v) is 5.55. The molecule has 0 radical (unpaired) electrons. The summed E-state index contributed by atoms with van der Waals surface area (Å²) in [4.78, 5) is 15.0. The summed E-state index contributed by atoms with van der Waals surface area (Å²) >= 11 is 8.15. The zero-order chi connectivity index (χ0) is 18.7. The molecule has 2 aromatic rings. The number of aryl methyl sites for hydroxylation is 1. The summed E-state index contributed by atoms with van der Waals surface area (Å²) in [7, 11) is 1.54. The van der Waals surface area contributed by atoms with Crippen LogP contribution in [0.5, 0.6) is 11.5 Å². The summed E-state index contributed by atoms with van der Waals surface area (Å²) in [6.07, 6.45) is 0. The van der Waals surface area contributed by atoms with E-state index in [-0.39, 0.29) is 11.9 Å². The van der Waals surface area contributed by atoms with E-state index in [0.29, 0.717) is 35.2 Å². The summed E-state index contributed by atoms with van der Waals surface area (Å²) in [5.41, 5.74) is 0.482. The number of halogens is 1. The Morgan fingerprint density at radius 2 is 2.23 bits per heavy atom. The van der Waals surface area contributed by atoms with Crippen LogP contribution >= 0.6 is 23.4 Å². The van der Waals surface area contributed by atoms with Gasteiger partial charge in [-0.15, -0.1) is 0 Å². The maximum absolute atomic E-state index is 13.2. The van der Waals surface area contributed by atoms with Crippen molar-refractivity contribution in [1.29, 1.82) is 0 Å². The predicted octanol–water partition coefficient (Wildman–Crippen LogP) is 4.58. The molecule has 1 amide bonds. The molecule has 3 rings (SSSR count). The van der Waals surface area contributed by atoms with Gasteiger partial charge in [0.2, 0.25) is 0 Å². The predicted molar refractivity (Wildman–Crippen MR) is 104 cm³/mol. The average molecular weight is 396 g/mol. The lowest BCUT2D eigenvalue weighted by Crippen LogP contribution is -2.40. The SMILES string of the molecule is CCOc1c(Cl)cc(C(=O)N2CCSCC2c2ccc(C)o2)cc1OC. The molecule has 5 nitrogen and oxygen atoms in total. The molecule has 2 heterocycles. The van der Waals surface area contributed by atoms with Crippen LogP contribution in [0.2, 0.25) is 5.02 Å². The fraction of sp³-hybridized carbons (Fsp3) is 0.421. The largest absolute Gasteiger partial charge is 0.493 e. The Morgan fingerprint density at radius 3 is 2.88 bits per heavy atom. The van der Waals surface area contributed by atoms with Crippen molar-refractivity contribution in [2.75, 3.05) is 31.8 Å². The minimum Gasteiger partial charge on any atom is -0.493 e.